The first-order chi connectivity index (χ1) is 19.7. The van der Waals surface area contributed by atoms with Crippen molar-refractivity contribution in [1.29, 1.82) is 0 Å². The molecule has 0 saturated heterocycles. The second kappa shape index (κ2) is 12.0. The molecule has 1 saturated carbocycles. The quantitative estimate of drug-likeness (QED) is 0.220. The van der Waals surface area contributed by atoms with Crippen molar-refractivity contribution in [1.82, 2.24) is 20.1 Å². The molecule has 212 valence electrons. The molecule has 1 N–H and O–H groups in total. The van der Waals surface area contributed by atoms with Gasteiger partial charge in [-0.3, -0.25) is 9.78 Å². The van der Waals surface area contributed by atoms with E-state index in [4.69, 9.17) is 33.0 Å². The van der Waals surface area contributed by atoms with Crippen LogP contribution in [0, 0.1) is 11.3 Å². The number of aromatic nitrogens is 3. The number of halogens is 2. The van der Waals surface area contributed by atoms with Gasteiger partial charge in [0.15, 0.2) is 0 Å². The Hall–Kier alpha value is -3.68. The van der Waals surface area contributed by atoms with Gasteiger partial charge >= 0.3 is 5.97 Å². The largest absolute Gasteiger partial charge is 0.467 e. The van der Waals surface area contributed by atoms with Gasteiger partial charge in [0.2, 0.25) is 5.91 Å². The maximum atomic E-state index is 13.2. The van der Waals surface area contributed by atoms with E-state index in [0.717, 1.165) is 34.6 Å². The summed E-state index contributed by atoms with van der Waals surface area (Å²) in [5.74, 6) is -0.377. The van der Waals surface area contributed by atoms with Crippen LogP contribution in [0.15, 0.2) is 79.1 Å². The number of hydrogen-bond donors (Lipinski definition) is 1. The number of amides is 1. The molecule has 0 aliphatic heterocycles. The van der Waals surface area contributed by atoms with Crippen LogP contribution in [0.5, 0.6) is 0 Å². The van der Waals surface area contributed by atoms with E-state index >= 15 is 0 Å². The second-order valence-corrected chi connectivity index (χ2v) is 11.9. The SMILES string of the molecule is COC(=O)[C@H](Cc1ccccc1)NC(=O)C[C@H]1C[C@H](c2cc(-c3cccnc3)nn2-c2ccc(Cl)c(Cl)c2)C1(C)C. The Balaban J connectivity index is 1.35. The number of carbonyl (C=O) groups is 2. The van der Waals surface area contributed by atoms with Crippen LogP contribution in [0.4, 0.5) is 0 Å². The second-order valence-electron chi connectivity index (χ2n) is 11.1. The average molecular weight is 592 g/mol. The van der Waals surface area contributed by atoms with Gasteiger partial charge in [-0.05, 0) is 59.7 Å². The van der Waals surface area contributed by atoms with E-state index in [0.29, 0.717) is 22.9 Å². The Morgan fingerprint density at radius 3 is 2.51 bits per heavy atom. The molecule has 3 atom stereocenters. The van der Waals surface area contributed by atoms with Gasteiger partial charge in [-0.15, -0.1) is 0 Å². The molecule has 0 bridgehead atoms. The predicted molar refractivity (Wildman–Crippen MR) is 160 cm³/mol. The number of rotatable bonds is 9. The topological polar surface area (TPSA) is 86.1 Å². The standard InChI is InChI=1S/C32H32Cl2N4O3/c1-32(2)22(16-30(39)36-28(31(40)41-3)14-20-8-5-4-6-9-20)15-24(32)29-18-27(21-10-7-13-35-19-21)37-38(29)23-11-12-25(33)26(34)17-23/h4-13,17-19,22,24,28H,14-16H2,1-3H3,(H,36,39)/t22-,24-,28+/m1/s1. The lowest BCUT2D eigenvalue weighted by atomic mass is 9.52. The summed E-state index contributed by atoms with van der Waals surface area (Å²) in [6, 6.07) is 20.3. The summed E-state index contributed by atoms with van der Waals surface area (Å²) < 4.78 is 6.89. The molecule has 0 unspecified atom stereocenters. The normalized spacial score (nSPS) is 18.3. The van der Waals surface area contributed by atoms with Gasteiger partial charge in [0, 0.05) is 42.4 Å². The van der Waals surface area contributed by atoms with Crippen molar-refractivity contribution in [2.45, 2.75) is 45.1 Å². The molecule has 7 nitrogen and oxygen atoms in total. The van der Waals surface area contributed by atoms with Gasteiger partial charge in [-0.25, -0.2) is 9.48 Å². The summed E-state index contributed by atoms with van der Waals surface area (Å²) in [7, 11) is 1.34. The fourth-order valence-electron chi connectivity index (χ4n) is 5.65. The molecule has 2 aromatic heterocycles. The van der Waals surface area contributed by atoms with Gasteiger partial charge in [0.05, 0.1) is 28.5 Å². The van der Waals surface area contributed by atoms with E-state index in [1.54, 1.807) is 18.5 Å². The summed E-state index contributed by atoms with van der Waals surface area (Å²) in [6.45, 7) is 4.35. The van der Waals surface area contributed by atoms with E-state index in [2.05, 4.69) is 30.2 Å². The van der Waals surface area contributed by atoms with E-state index < -0.39 is 12.0 Å². The predicted octanol–water partition coefficient (Wildman–Crippen LogP) is 6.66. The van der Waals surface area contributed by atoms with Crippen LogP contribution >= 0.6 is 23.2 Å². The van der Waals surface area contributed by atoms with Crippen molar-refractivity contribution in [2.24, 2.45) is 11.3 Å². The maximum absolute atomic E-state index is 13.2. The Bertz CT molecular complexity index is 1540. The third-order valence-corrected chi connectivity index (χ3v) is 8.94. The monoisotopic (exact) mass is 590 g/mol. The van der Waals surface area contributed by atoms with Gasteiger partial charge in [0.25, 0.3) is 0 Å². The minimum Gasteiger partial charge on any atom is -0.467 e. The zero-order valence-electron chi connectivity index (χ0n) is 23.2. The van der Waals surface area contributed by atoms with Crippen LogP contribution in [-0.2, 0) is 20.7 Å². The molecule has 2 heterocycles. The Kier molecular flexibility index (Phi) is 8.47. The number of ether oxygens (including phenoxy) is 1. The molecular weight excluding hydrogens is 559 g/mol. The summed E-state index contributed by atoms with van der Waals surface area (Å²) in [4.78, 5) is 29.9. The number of nitrogens with zero attached hydrogens (tertiary/aromatic N) is 3. The highest BCUT2D eigenvalue weighted by Crippen LogP contribution is 2.58. The summed E-state index contributed by atoms with van der Waals surface area (Å²) in [5, 5.41) is 8.77. The molecule has 4 aromatic rings. The molecule has 1 amide bonds. The zero-order valence-corrected chi connectivity index (χ0v) is 24.7. The van der Waals surface area contributed by atoms with E-state index in [1.165, 1.54) is 7.11 Å². The van der Waals surface area contributed by atoms with Crippen LogP contribution in [0.1, 0.15) is 43.9 Å². The lowest BCUT2D eigenvalue weighted by Crippen LogP contribution is -2.48. The van der Waals surface area contributed by atoms with Crippen molar-refractivity contribution in [3.63, 3.8) is 0 Å². The highest BCUT2D eigenvalue weighted by molar-refractivity contribution is 6.42. The molecule has 5 rings (SSSR count). The summed E-state index contributed by atoms with van der Waals surface area (Å²) >= 11 is 12.6. The molecule has 2 aromatic carbocycles. The first-order valence-corrected chi connectivity index (χ1v) is 14.3. The smallest absolute Gasteiger partial charge is 0.328 e. The van der Waals surface area contributed by atoms with Crippen molar-refractivity contribution >= 4 is 35.1 Å². The summed E-state index contributed by atoms with van der Waals surface area (Å²) in [6.07, 6.45) is 4.99. The minimum atomic E-state index is -0.744. The number of pyridine rings is 1. The number of nitrogens with one attached hydrogen (secondary N) is 1. The number of methoxy groups -OCH3 is 1. The fraction of sp³-hybridized carbons (Fsp3) is 0.312. The van der Waals surface area contributed by atoms with Crippen molar-refractivity contribution in [3.05, 3.63) is 100 Å². The van der Waals surface area contributed by atoms with Gasteiger partial charge in [0.1, 0.15) is 6.04 Å². The Morgan fingerprint density at radius 2 is 1.85 bits per heavy atom. The van der Waals surface area contributed by atoms with Gasteiger partial charge < -0.3 is 10.1 Å². The fourth-order valence-corrected chi connectivity index (χ4v) is 5.94. The highest BCUT2D eigenvalue weighted by Gasteiger charge is 2.50. The third-order valence-electron chi connectivity index (χ3n) is 8.20. The van der Waals surface area contributed by atoms with Crippen LogP contribution in [0.3, 0.4) is 0 Å². The third kappa shape index (κ3) is 6.16. The van der Waals surface area contributed by atoms with Crippen LogP contribution in [0.2, 0.25) is 10.0 Å². The summed E-state index contributed by atoms with van der Waals surface area (Å²) in [5.41, 5.74) is 4.29. The molecule has 1 aliphatic rings. The Morgan fingerprint density at radius 1 is 1.07 bits per heavy atom. The first kappa shape index (κ1) is 28.8. The molecular formula is C32H32Cl2N4O3. The molecule has 1 aliphatic carbocycles. The number of benzene rings is 2. The molecule has 9 heteroatoms. The molecule has 41 heavy (non-hydrogen) atoms. The van der Waals surface area contributed by atoms with Crippen LogP contribution in [0.25, 0.3) is 16.9 Å². The average Bonchev–Trinajstić information content (AvgIpc) is 3.41. The lowest BCUT2D eigenvalue weighted by molar-refractivity contribution is -0.145. The van der Waals surface area contributed by atoms with E-state index in [9.17, 15) is 9.59 Å². The maximum Gasteiger partial charge on any atom is 0.328 e. The van der Waals surface area contributed by atoms with Crippen molar-refractivity contribution < 1.29 is 14.3 Å². The minimum absolute atomic E-state index is 0.113. The van der Waals surface area contributed by atoms with Crippen molar-refractivity contribution in [3.8, 4) is 16.9 Å². The highest BCUT2D eigenvalue weighted by atomic mass is 35.5. The number of esters is 1. The van der Waals surface area contributed by atoms with Crippen molar-refractivity contribution in [2.75, 3.05) is 7.11 Å². The molecule has 0 radical (unpaired) electrons. The number of carbonyl (C=O) groups excluding carboxylic acids is 2. The Labute approximate surface area is 249 Å². The molecule has 0 spiro atoms. The van der Waals surface area contributed by atoms with E-state index in [1.807, 2.05) is 59.3 Å². The van der Waals surface area contributed by atoms with Crippen LogP contribution < -0.4 is 5.32 Å². The molecule has 1 fully saturated rings. The van der Waals surface area contributed by atoms with Crippen LogP contribution in [-0.4, -0.2) is 39.8 Å². The van der Waals surface area contributed by atoms with Gasteiger partial charge in [-0.1, -0.05) is 67.4 Å². The zero-order chi connectivity index (χ0) is 29.1. The number of hydrogen-bond acceptors (Lipinski definition) is 5. The lowest BCUT2D eigenvalue weighted by Gasteiger charge is -2.52. The van der Waals surface area contributed by atoms with Gasteiger partial charge in [-0.2, -0.15) is 5.10 Å². The first-order valence-electron chi connectivity index (χ1n) is 13.5. The van der Waals surface area contributed by atoms with E-state index in [-0.39, 0.29) is 23.2 Å².